The van der Waals surface area contributed by atoms with Crippen LogP contribution in [-0.2, 0) is 4.79 Å². The number of aromatic amines is 1. The van der Waals surface area contributed by atoms with Crippen LogP contribution in [0.15, 0.2) is 29.1 Å². The Morgan fingerprint density at radius 2 is 1.88 bits per heavy atom. The van der Waals surface area contributed by atoms with Crippen molar-refractivity contribution in [1.82, 2.24) is 9.78 Å². The van der Waals surface area contributed by atoms with Gasteiger partial charge in [-0.3, -0.25) is 19.4 Å². The summed E-state index contributed by atoms with van der Waals surface area (Å²) in [7, 11) is 0. The molecule has 0 fully saturated rings. The van der Waals surface area contributed by atoms with Gasteiger partial charge in [0.1, 0.15) is 11.6 Å². The van der Waals surface area contributed by atoms with Crippen LogP contribution in [0.25, 0.3) is 0 Å². The first kappa shape index (κ1) is 18.6. The van der Waals surface area contributed by atoms with Gasteiger partial charge in [0.25, 0.3) is 5.56 Å². The number of hydrogen-bond donors (Lipinski definition) is 2. The van der Waals surface area contributed by atoms with E-state index in [1.54, 1.807) is 4.68 Å². The number of nitrogens with zero attached hydrogens (tertiary/aromatic N) is 1. The van der Waals surface area contributed by atoms with Crippen molar-refractivity contribution in [1.29, 1.82) is 0 Å². The molecule has 0 saturated heterocycles. The van der Waals surface area contributed by atoms with E-state index in [2.05, 4.69) is 24.3 Å². The maximum absolute atomic E-state index is 12.6. The second-order valence-electron chi connectivity index (χ2n) is 7.18. The Morgan fingerprint density at radius 1 is 1.19 bits per heavy atom. The van der Waals surface area contributed by atoms with E-state index in [-0.39, 0.29) is 22.8 Å². The van der Waals surface area contributed by atoms with Gasteiger partial charge >= 0.3 is 0 Å². The van der Waals surface area contributed by atoms with Crippen molar-refractivity contribution in [2.24, 2.45) is 5.92 Å². The average molecular weight is 375 g/mol. The first-order chi connectivity index (χ1) is 12.4. The predicted molar refractivity (Wildman–Crippen MR) is 105 cm³/mol. The minimum atomic E-state index is -0.202. The number of ether oxygens (including phenoxy) is 1. The monoisotopic (exact) mass is 375 g/mol. The highest BCUT2D eigenvalue weighted by Crippen LogP contribution is 2.40. The van der Waals surface area contributed by atoms with Crippen molar-refractivity contribution in [3.8, 4) is 5.75 Å². The first-order valence-electron chi connectivity index (χ1n) is 8.85. The molecule has 26 heavy (non-hydrogen) atoms. The number of benzene rings is 1. The summed E-state index contributed by atoms with van der Waals surface area (Å²) < 4.78 is 7.47. The van der Waals surface area contributed by atoms with Gasteiger partial charge < -0.3 is 10.1 Å². The van der Waals surface area contributed by atoms with Crippen LogP contribution in [0.5, 0.6) is 5.75 Å². The van der Waals surface area contributed by atoms with Crippen LogP contribution in [0, 0.1) is 5.92 Å². The summed E-state index contributed by atoms with van der Waals surface area (Å²) in [5.74, 6) is 2.06. The first-order valence-corrected chi connectivity index (χ1v) is 9.90. The van der Waals surface area contributed by atoms with Gasteiger partial charge in [-0.15, -0.1) is 11.8 Å². The summed E-state index contributed by atoms with van der Waals surface area (Å²) >= 11 is 1.47. The SMILES string of the molecule is CC(C)COc1ccc([C@@H]2SCC(=O)Nc3c2c(=O)[nH]n3C(C)C)cc1. The number of carbonyl (C=O) groups excluding carboxylic acids is 1. The van der Waals surface area contributed by atoms with E-state index in [1.807, 2.05) is 38.1 Å². The van der Waals surface area contributed by atoms with Crippen molar-refractivity contribution in [2.45, 2.75) is 39.0 Å². The second kappa shape index (κ2) is 7.61. The summed E-state index contributed by atoms with van der Waals surface area (Å²) in [6.07, 6.45) is 0. The lowest BCUT2D eigenvalue weighted by Gasteiger charge is -2.16. The van der Waals surface area contributed by atoms with Crippen molar-refractivity contribution in [3.63, 3.8) is 0 Å². The largest absolute Gasteiger partial charge is 0.493 e. The zero-order chi connectivity index (χ0) is 18.8. The molecule has 0 unspecified atom stereocenters. The van der Waals surface area contributed by atoms with Crippen molar-refractivity contribution in [2.75, 3.05) is 17.7 Å². The number of H-pyrrole nitrogens is 1. The normalized spacial score (nSPS) is 17.2. The number of rotatable bonds is 5. The molecule has 1 atom stereocenters. The highest BCUT2D eigenvalue weighted by Gasteiger charge is 2.30. The molecular formula is C19H25N3O3S. The van der Waals surface area contributed by atoms with Crippen LogP contribution in [0.3, 0.4) is 0 Å². The molecular weight excluding hydrogens is 350 g/mol. The molecule has 1 amide bonds. The molecule has 1 aliphatic heterocycles. The molecule has 1 aromatic carbocycles. The van der Waals surface area contributed by atoms with Crippen molar-refractivity contribution in [3.05, 3.63) is 45.7 Å². The molecule has 7 heteroatoms. The zero-order valence-corrected chi connectivity index (χ0v) is 16.4. The number of amides is 1. The summed E-state index contributed by atoms with van der Waals surface area (Å²) in [4.78, 5) is 24.7. The van der Waals surface area contributed by atoms with Gasteiger partial charge in [0, 0.05) is 6.04 Å². The molecule has 1 aromatic heterocycles. The summed E-state index contributed by atoms with van der Waals surface area (Å²) in [6, 6.07) is 7.83. The van der Waals surface area contributed by atoms with Gasteiger partial charge in [-0.2, -0.15) is 0 Å². The lowest BCUT2D eigenvalue weighted by atomic mass is 10.1. The van der Waals surface area contributed by atoms with E-state index in [9.17, 15) is 9.59 Å². The molecule has 2 aromatic rings. The Morgan fingerprint density at radius 3 is 2.50 bits per heavy atom. The van der Waals surface area contributed by atoms with Crippen LogP contribution in [0.4, 0.5) is 5.82 Å². The fraction of sp³-hybridized carbons (Fsp3) is 0.474. The molecule has 0 aliphatic carbocycles. The smallest absolute Gasteiger partial charge is 0.270 e. The number of thioether (sulfide) groups is 1. The predicted octanol–water partition coefficient (Wildman–Crippen LogP) is 3.57. The third kappa shape index (κ3) is 3.82. The van der Waals surface area contributed by atoms with Crippen molar-refractivity contribution < 1.29 is 9.53 Å². The minimum absolute atomic E-state index is 0.0438. The number of fused-ring (bicyclic) bond motifs is 1. The number of hydrogen-bond acceptors (Lipinski definition) is 4. The zero-order valence-electron chi connectivity index (χ0n) is 15.5. The summed E-state index contributed by atoms with van der Waals surface area (Å²) in [5, 5.41) is 5.54. The summed E-state index contributed by atoms with van der Waals surface area (Å²) in [5.41, 5.74) is 1.43. The Balaban J connectivity index is 1.96. The number of carbonyl (C=O) groups is 1. The maximum Gasteiger partial charge on any atom is 0.270 e. The Bertz CT molecular complexity index is 837. The molecule has 0 saturated carbocycles. The average Bonchev–Trinajstić information content (AvgIpc) is 2.80. The Labute approximate surface area is 157 Å². The van der Waals surface area contributed by atoms with Gasteiger partial charge in [-0.25, -0.2) is 0 Å². The van der Waals surface area contributed by atoms with Gasteiger partial charge in [-0.05, 0) is 37.5 Å². The Hall–Kier alpha value is -2.15. The van der Waals surface area contributed by atoms with Crippen molar-refractivity contribution >= 4 is 23.5 Å². The highest BCUT2D eigenvalue weighted by atomic mass is 32.2. The van der Waals surface area contributed by atoms with Crippen LogP contribution in [0.1, 0.15) is 50.1 Å². The van der Waals surface area contributed by atoms with Crippen LogP contribution < -0.4 is 15.6 Å². The molecule has 3 rings (SSSR count). The Kier molecular flexibility index (Phi) is 5.46. The third-order valence-corrected chi connectivity index (χ3v) is 5.42. The fourth-order valence-electron chi connectivity index (χ4n) is 2.90. The molecule has 140 valence electrons. The van der Waals surface area contributed by atoms with Gasteiger partial charge in [0.05, 0.1) is 23.2 Å². The molecule has 0 bridgehead atoms. The van der Waals surface area contributed by atoms with E-state index < -0.39 is 0 Å². The maximum atomic E-state index is 12.6. The molecule has 0 radical (unpaired) electrons. The van der Waals surface area contributed by atoms with E-state index in [1.165, 1.54) is 11.8 Å². The number of nitrogens with one attached hydrogen (secondary N) is 2. The van der Waals surface area contributed by atoms with Crippen LogP contribution in [0.2, 0.25) is 0 Å². The molecule has 2 N–H and O–H groups in total. The van der Waals surface area contributed by atoms with E-state index in [0.29, 0.717) is 29.7 Å². The van der Waals surface area contributed by atoms with Gasteiger partial charge in [0.15, 0.2) is 0 Å². The van der Waals surface area contributed by atoms with Crippen LogP contribution >= 0.6 is 11.8 Å². The highest BCUT2D eigenvalue weighted by molar-refractivity contribution is 8.00. The molecule has 6 nitrogen and oxygen atoms in total. The topological polar surface area (TPSA) is 76.1 Å². The van der Waals surface area contributed by atoms with E-state index in [0.717, 1.165) is 11.3 Å². The molecule has 1 aliphatic rings. The number of aromatic nitrogens is 2. The fourth-order valence-corrected chi connectivity index (χ4v) is 4.02. The second-order valence-corrected chi connectivity index (χ2v) is 8.27. The quantitative estimate of drug-likeness (QED) is 0.838. The van der Waals surface area contributed by atoms with Gasteiger partial charge in [0.2, 0.25) is 5.91 Å². The lowest BCUT2D eigenvalue weighted by molar-refractivity contribution is -0.113. The van der Waals surface area contributed by atoms with Crippen LogP contribution in [-0.4, -0.2) is 28.0 Å². The summed E-state index contributed by atoms with van der Waals surface area (Å²) in [6.45, 7) is 8.81. The minimum Gasteiger partial charge on any atom is -0.493 e. The standard InChI is InChI=1S/C19H25N3O3S/c1-11(2)9-25-14-7-5-13(6-8-14)17-16-18(20-15(23)10-26-17)22(12(3)4)21-19(16)24/h5-8,11-12,17H,9-10H2,1-4H3,(H,20,23)(H,21,24)/t17-/m0/s1. The van der Waals surface area contributed by atoms with E-state index in [4.69, 9.17) is 4.74 Å². The lowest BCUT2D eigenvalue weighted by Crippen LogP contribution is -2.17. The third-order valence-electron chi connectivity index (χ3n) is 4.15. The molecule has 0 spiro atoms. The molecule has 2 heterocycles. The van der Waals surface area contributed by atoms with E-state index >= 15 is 0 Å². The van der Waals surface area contributed by atoms with Gasteiger partial charge in [-0.1, -0.05) is 26.0 Å². The number of anilines is 1.